The van der Waals surface area contributed by atoms with Crippen LogP contribution in [-0.2, 0) is 19.8 Å². The van der Waals surface area contributed by atoms with Gasteiger partial charge in [-0.05, 0) is 36.8 Å². The maximum Gasteiger partial charge on any atom is 0.226 e. The Kier molecular flexibility index (Phi) is 5.21. The fraction of sp³-hybridized carbons (Fsp3) is 0.182. The number of ether oxygens (including phenoxy) is 1. The second-order valence-electron chi connectivity index (χ2n) is 6.52. The molecule has 0 saturated carbocycles. The topological polar surface area (TPSA) is 73.3 Å². The van der Waals surface area contributed by atoms with Crippen molar-refractivity contribution in [3.05, 3.63) is 89.6 Å². The number of nitrogens with zero attached hydrogens (tertiary/aromatic N) is 3. The Hall–Kier alpha value is -3.38. The van der Waals surface area contributed by atoms with Gasteiger partial charge in [0.1, 0.15) is 23.8 Å². The molecule has 0 aliphatic carbocycles. The first-order chi connectivity index (χ1) is 13.7. The molecule has 0 bridgehead atoms. The first kappa shape index (κ1) is 18.0. The molecule has 0 saturated heterocycles. The van der Waals surface area contributed by atoms with Crippen molar-refractivity contribution in [2.45, 2.75) is 26.7 Å². The number of oxazole rings is 1. The van der Waals surface area contributed by atoms with E-state index < -0.39 is 0 Å². The lowest BCUT2D eigenvalue weighted by atomic mass is 10.2. The SMILES string of the molecule is Cc1oc(-c2ccccc2)nc1COc1ccc(Cn2cc(CO)cn2)cc1. The highest BCUT2D eigenvalue weighted by molar-refractivity contribution is 5.53. The van der Waals surface area contributed by atoms with Gasteiger partial charge in [0.15, 0.2) is 0 Å². The maximum absolute atomic E-state index is 9.11. The fourth-order valence-electron chi connectivity index (χ4n) is 2.87. The third kappa shape index (κ3) is 4.13. The van der Waals surface area contributed by atoms with E-state index in [4.69, 9.17) is 14.3 Å². The van der Waals surface area contributed by atoms with Gasteiger partial charge in [0.05, 0.1) is 19.3 Å². The van der Waals surface area contributed by atoms with E-state index in [1.54, 1.807) is 10.9 Å². The summed E-state index contributed by atoms with van der Waals surface area (Å²) >= 11 is 0. The molecule has 2 heterocycles. The van der Waals surface area contributed by atoms with E-state index in [1.807, 2.05) is 67.7 Å². The summed E-state index contributed by atoms with van der Waals surface area (Å²) < 4.78 is 13.4. The monoisotopic (exact) mass is 375 g/mol. The molecule has 2 aromatic carbocycles. The molecule has 4 rings (SSSR count). The number of aliphatic hydroxyl groups is 1. The quantitative estimate of drug-likeness (QED) is 0.529. The number of hydrogen-bond donors (Lipinski definition) is 1. The highest BCUT2D eigenvalue weighted by Gasteiger charge is 2.11. The highest BCUT2D eigenvalue weighted by Crippen LogP contribution is 2.22. The average molecular weight is 375 g/mol. The predicted molar refractivity (Wildman–Crippen MR) is 105 cm³/mol. The summed E-state index contributed by atoms with van der Waals surface area (Å²) in [6.45, 7) is 2.88. The highest BCUT2D eigenvalue weighted by atomic mass is 16.5. The van der Waals surface area contributed by atoms with Gasteiger partial charge in [-0.2, -0.15) is 5.10 Å². The molecule has 6 heteroatoms. The van der Waals surface area contributed by atoms with E-state index in [0.29, 0.717) is 19.0 Å². The Labute approximate surface area is 163 Å². The van der Waals surface area contributed by atoms with Gasteiger partial charge < -0.3 is 14.3 Å². The van der Waals surface area contributed by atoms with Crippen molar-refractivity contribution < 1.29 is 14.3 Å². The molecule has 142 valence electrons. The zero-order valence-corrected chi connectivity index (χ0v) is 15.6. The average Bonchev–Trinajstić information content (AvgIpc) is 3.34. The number of hydrogen-bond acceptors (Lipinski definition) is 5. The van der Waals surface area contributed by atoms with Crippen LogP contribution in [0.2, 0.25) is 0 Å². The summed E-state index contributed by atoms with van der Waals surface area (Å²) in [4.78, 5) is 4.56. The van der Waals surface area contributed by atoms with Gasteiger partial charge in [-0.1, -0.05) is 30.3 Å². The predicted octanol–water partition coefficient (Wildman–Crippen LogP) is 3.97. The number of aromatic nitrogens is 3. The molecule has 4 aromatic rings. The standard InChI is InChI=1S/C22H21N3O3/c1-16-21(24-22(28-16)19-5-3-2-4-6-19)15-27-20-9-7-17(8-10-20)12-25-13-18(14-26)11-23-25/h2-11,13,26H,12,14-15H2,1H3. The molecule has 0 aliphatic rings. The maximum atomic E-state index is 9.11. The molecule has 0 spiro atoms. The Morgan fingerprint density at radius 1 is 1.04 bits per heavy atom. The van der Waals surface area contributed by atoms with Crippen LogP contribution in [0.5, 0.6) is 5.75 Å². The van der Waals surface area contributed by atoms with E-state index in [1.165, 1.54) is 0 Å². The Morgan fingerprint density at radius 2 is 1.82 bits per heavy atom. The van der Waals surface area contributed by atoms with Crippen LogP contribution in [0.1, 0.15) is 22.6 Å². The molecular formula is C22H21N3O3. The van der Waals surface area contributed by atoms with Crippen LogP contribution in [0.25, 0.3) is 11.5 Å². The molecule has 28 heavy (non-hydrogen) atoms. The fourth-order valence-corrected chi connectivity index (χ4v) is 2.87. The van der Waals surface area contributed by atoms with Gasteiger partial charge >= 0.3 is 0 Å². The van der Waals surface area contributed by atoms with E-state index >= 15 is 0 Å². The first-order valence-electron chi connectivity index (χ1n) is 9.07. The third-order valence-corrected chi connectivity index (χ3v) is 4.43. The Bertz CT molecular complexity index is 1040. The minimum atomic E-state index is 0.000227. The van der Waals surface area contributed by atoms with Crippen molar-refractivity contribution in [3.63, 3.8) is 0 Å². The van der Waals surface area contributed by atoms with Crippen LogP contribution in [0.15, 0.2) is 71.4 Å². The van der Waals surface area contributed by atoms with Crippen LogP contribution < -0.4 is 4.74 Å². The molecule has 0 unspecified atom stereocenters. The van der Waals surface area contributed by atoms with Gasteiger partial charge in [-0.15, -0.1) is 0 Å². The van der Waals surface area contributed by atoms with Gasteiger partial charge in [0, 0.05) is 17.3 Å². The van der Waals surface area contributed by atoms with Crippen molar-refractivity contribution >= 4 is 0 Å². The Balaban J connectivity index is 1.38. The molecule has 0 fully saturated rings. The van der Waals surface area contributed by atoms with Gasteiger partial charge in [0.25, 0.3) is 0 Å². The van der Waals surface area contributed by atoms with Crippen LogP contribution in [-0.4, -0.2) is 19.9 Å². The number of rotatable bonds is 7. The minimum absolute atomic E-state index is 0.000227. The molecule has 0 atom stereocenters. The number of aryl methyl sites for hydroxylation is 1. The van der Waals surface area contributed by atoms with Crippen LogP contribution >= 0.6 is 0 Å². The van der Waals surface area contributed by atoms with Gasteiger partial charge in [-0.3, -0.25) is 4.68 Å². The second-order valence-corrected chi connectivity index (χ2v) is 6.52. The summed E-state index contributed by atoms with van der Waals surface area (Å²) in [5.74, 6) is 2.13. The van der Waals surface area contributed by atoms with Crippen LogP contribution in [0, 0.1) is 6.92 Å². The lowest BCUT2D eigenvalue weighted by Crippen LogP contribution is -2.01. The molecule has 0 amide bonds. The van der Waals surface area contributed by atoms with E-state index in [-0.39, 0.29) is 6.61 Å². The van der Waals surface area contributed by atoms with Gasteiger partial charge in [-0.25, -0.2) is 4.98 Å². The molecule has 1 N–H and O–H groups in total. The zero-order chi connectivity index (χ0) is 19.3. The van der Waals surface area contributed by atoms with Crippen molar-refractivity contribution in [2.75, 3.05) is 0 Å². The van der Waals surface area contributed by atoms with Crippen molar-refractivity contribution in [3.8, 4) is 17.2 Å². The lowest BCUT2D eigenvalue weighted by Gasteiger charge is -2.06. The van der Waals surface area contributed by atoms with E-state index in [2.05, 4.69) is 10.1 Å². The second kappa shape index (κ2) is 8.10. The zero-order valence-electron chi connectivity index (χ0n) is 15.6. The Morgan fingerprint density at radius 3 is 2.54 bits per heavy atom. The molecule has 0 aliphatic heterocycles. The number of aliphatic hydroxyl groups excluding tert-OH is 1. The van der Waals surface area contributed by atoms with E-state index in [0.717, 1.165) is 33.9 Å². The lowest BCUT2D eigenvalue weighted by molar-refractivity contribution is 0.281. The summed E-state index contributed by atoms with van der Waals surface area (Å²) in [5.41, 5.74) is 3.64. The van der Waals surface area contributed by atoms with Gasteiger partial charge in [0.2, 0.25) is 5.89 Å². The molecular weight excluding hydrogens is 354 g/mol. The smallest absolute Gasteiger partial charge is 0.226 e. The minimum Gasteiger partial charge on any atom is -0.487 e. The van der Waals surface area contributed by atoms with Crippen molar-refractivity contribution in [1.82, 2.24) is 14.8 Å². The number of benzene rings is 2. The molecule has 0 radical (unpaired) electrons. The van der Waals surface area contributed by atoms with Crippen molar-refractivity contribution in [2.24, 2.45) is 0 Å². The van der Waals surface area contributed by atoms with E-state index in [9.17, 15) is 0 Å². The summed E-state index contributed by atoms with van der Waals surface area (Å²) in [7, 11) is 0. The first-order valence-corrected chi connectivity index (χ1v) is 9.07. The van der Waals surface area contributed by atoms with Crippen molar-refractivity contribution in [1.29, 1.82) is 0 Å². The van der Waals surface area contributed by atoms with Crippen LogP contribution in [0.3, 0.4) is 0 Å². The normalized spacial score (nSPS) is 10.9. The molecule has 2 aromatic heterocycles. The van der Waals surface area contributed by atoms with Crippen LogP contribution in [0.4, 0.5) is 0 Å². The summed E-state index contributed by atoms with van der Waals surface area (Å²) in [6.07, 6.45) is 3.50. The third-order valence-electron chi connectivity index (χ3n) is 4.43. The summed E-state index contributed by atoms with van der Waals surface area (Å²) in [5, 5.41) is 13.3. The molecule has 6 nitrogen and oxygen atoms in total. The summed E-state index contributed by atoms with van der Waals surface area (Å²) in [6, 6.07) is 17.7. The largest absolute Gasteiger partial charge is 0.487 e.